The zero-order valence-electron chi connectivity index (χ0n) is 19.4. The van der Waals surface area contributed by atoms with Gasteiger partial charge in [0.05, 0.1) is 17.2 Å². The Morgan fingerprint density at radius 2 is 1.89 bits per heavy atom. The van der Waals surface area contributed by atoms with E-state index in [0.717, 1.165) is 54.1 Å². The number of carbonyl (C=O) groups excluding carboxylic acids is 2. The Hall–Kier alpha value is -2.16. The normalized spacial score (nSPS) is 21.6. The summed E-state index contributed by atoms with van der Waals surface area (Å²) in [6.07, 6.45) is 5.51. The maximum absolute atomic E-state index is 12.8. The summed E-state index contributed by atoms with van der Waals surface area (Å²) in [7, 11) is 0. The van der Waals surface area contributed by atoms with Crippen molar-refractivity contribution < 1.29 is 14.4 Å². The van der Waals surface area contributed by atoms with Crippen LogP contribution >= 0.6 is 34.5 Å². The molecule has 0 radical (unpaired) electrons. The summed E-state index contributed by atoms with van der Waals surface area (Å²) in [4.78, 5) is 39.2. The number of nitrogens with zero attached hydrogens (tertiary/aromatic N) is 4. The summed E-state index contributed by atoms with van der Waals surface area (Å²) < 4.78 is 0. The van der Waals surface area contributed by atoms with Crippen molar-refractivity contribution in [3.8, 4) is 0 Å². The minimum atomic E-state index is -0.318. The van der Waals surface area contributed by atoms with E-state index in [4.69, 9.17) is 33.0 Å². The summed E-state index contributed by atoms with van der Waals surface area (Å²) in [5.74, 6) is 0.480. The SMILES string of the molecule is O=C(CN1CCCCCC1=O)N1CCC(c2nc(C3=NO[C@@H](c4c(Cl)cccc4Cl)C3)cs2)CC1. The smallest absolute Gasteiger partial charge is 0.242 e. The highest BCUT2D eigenvalue weighted by Gasteiger charge is 2.31. The molecule has 7 nitrogen and oxygen atoms in total. The van der Waals surface area contributed by atoms with E-state index in [0.29, 0.717) is 48.4 Å². The summed E-state index contributed by atoms with van der Waals surface area (Å²) >= 11 is 14.3. The van der Waals surface area contributed by atoms with E-state index in [1.54, 1.807) is 28.4 Å². The van der Waals surface area contributed by atoms with Crippen molar-refractivity contribution in [1.82, 2.24) is 14.8 Å². The quantitative estimate of drug-likeness (QED) is 0.512. The molecule has 0 unspecified atom stereocenters. The minimum Gasteiger partial charge on any atom is -0.387 e. The highest BCUT2D eigenvalue weighted by molar-refractivity contribution is 7.10. The van der Waals surface area contributed by atoms with Crippen LogP contribution in [0.3, 0.4) is 0 Å². The van der Waals surface area contributed by atoms with Crippen molar-refractivity contribution in [2.75, 3.05) is 26.2 Å². The molecule has 186 valence electrons. The van der Waals surface area contributed by atoms with Crippen LogP contribution in [0.25, 0.3) is 0 Å². The number of carbonyl (C=O) groups is 2. The Balaban J connectivity index is 1.15. The lowest BCUT2D eigenvalue weighted by Crippen LogP contribution is -2.45. The van der Waals surface area contributed by atoms with Crippen molar-refractivity contribution in [3.05, 3.63) is 49.9 Å². The van der Waals surface area contributed by atoms with E-state index in [9.17, 15) is 9.59 Å². The molecule has 2 amide bonds. The molecule has 2 saturated heterocycles. The van der Waals surface area contributed by atoms with Gasteiger partial charge in [0.15, 0.2) is 6.10 Å². The summed E-state index contributed by atoms with van der Waals surface area (Å²) in [6.45, 7) is 2.29. The third kappa shape index (κ3) is 5.49. The standard InChI is InChI=1S/C25H28Cl2N4O3S/c26-17-5-4-6-18(27)24(17)21-13-19(29-34-21)20-15-35-25(28-20)16-8-11-30(12-9-16)23(33)14-31-10-3-1-2-7-22(31)32/h4-6,15-16,21H,1-3,7-14H2/t21-/m1/s1. The number of amides is 2. The van der Waals surface area contributed by atoms with Crippen molar-refractivity contribution in [2.24, 2.45) is 5.16 Å². The van der Waals surface area contributed by atoms with Crippen LogP contribution in [0.15, 0.2) is 28.7 Å². The lowest BCUT2D eigenvalue weighted by atomic mass is 9.97. The first-order valence-corrected chi connectivity index (χ1v) is 13.8. The predicted molar refractivity (Wildman–Crippen MR) is 137 cm³/mol. The average Bonchev–Trinajstić information content (AvgIpc) is 3.49. The van der Waals surface area contributed by atoms with E-state index in [2.05, 4.69) is 5.16 Å². The number of hydrogen-bond donors (Lipinski definition) is 0. The lowest BCUT2D eigenvalue weighted by molar-refractivity contribution is -0.140. The Kier molecular flexibility index (Phi) is 7.60. The molecule has 5 rings (SSSR count). The molecule has 2 fully saturated rings. The third-order valence-electron chi connectivity index (χ3n) is 7.00. The molecule has 1 atom stereocenters. The average molecular weight is 535 g/mol. The van der Waals surface area contributed by atoms with Crippen molar-refractivity contribution in [3.63, 3.8) is 0 Å². The van der Waals surface area contributed by atoms with E-state index in [1.807, 2.05) is 16.3 Å². The van der Waals surface area contributed by atoms with Crippen LogP contribution in [0.4, 0.5) is 0 Å². The van der Waals surface area contributed by atoms with Gasteiger partial charge in [0, 0.05) is 59.4 Å². The van der Waals surface area contributed by atoms with Crippen LogP contribution in [-0.2, 0) is 14.4 Å². The fourth-order valence-corrected chi connectivity index (χ4v) is 6.60. The van der Waals surface area contributed by atoms with Crippen LogP contribution in [0.5, 0.6) is 0 Å². The van der Waals surface area contributed by atoms with Gasteiger partial charge in [-0.05, 0) is 37.8 Å². The van der Waals surface area contributed by atoms with Crippen LogP contribution < -0.4 is 0 Å². The molecule has 0 N–H and O–H groups in total. The van der Waals surface area contributed by atoms with E-state index in [-0.39, 0.29) is 24.5 Å². The maximum atomic E-state index is 12.8. The van der Waals surface area contributed by atoms with Gasteiger partial charge in [-0.25, -0.2) is 4.98 Å². The molecule has 0 aliphatic carbocycles. The number of likely N-dealkylation sites (tertiary alicyclic amines) is 2. The monoisotopic (exact) mass is 534 g/mol. The van der Waals surface area contributed by atoms with Crippen molar-refractivity contribution >= 4 is 52.1 Å². The molecule has 2 aromatic rings. The first-order valence-electron chi connectivity index (χ1n) is 12.2. The number of thiazole rings is 1. The number of rotatable bonds is 5. The molecular weight excluding hydrogens is 507 g/mol. The predicted octanol–water partition coefficient (Wildman–Crippen LogP) is 5.42. The molecule has 0 saturated carbocycles. The fraction of sp³-hybridized carbons (Fsp3) is 0.520. The first-order chi connectivity index (χ1) is 17.0. The number of halogens is 2. The molecule has 35 heavy (non-hydrogen) atoms. The van der Waals surface area contributed by atoms with Crippen molar-refractivity contribution in [1.29, 1.82) is 0 Å². The van der Waals surface area contributed by atoms with Crippen LogP contribution in [-0.4, -0.2) is 58.5 Å². The van der Waals surface area contributed by atoms with E-state index >= 15 is 0 Å². The highest BCUT2D eigenvalue weighted by atomic mass is 35.5. The topological polar surface area (TPSA) is 75.1 Å². The van der Waals surface area contributed by atoms with Gasteiger partial charge in [0.25, 0.3) is 0 Å². The molecule has 1 aromatic heterocycles. The molecule has 1 aromatic carbocycles. The van der Waals surface area contributed by atoms with E-state index in [1.165, 1.54) is 0 Å². The van der Waals surface area contributed by atoms with E-state index < -0.39 is 0 Å². The van der Waals surface area contributed by atoms with Crippen LogP contribution in [0.1, 0.15) is 73.2 Å². The minimum absolute atomic E-state index is 0.0558. The molecule has 3 aliphatic rings. The number of piperidine rings is 1. The third-order valence-corrected chi connectivity index (χ3v) is 8.67. The van der Waals surface area contributed by atoms with Gasteiger partial charge >= 0.3 is 0 Å². The lowest BCUT2D eigenvalue weighted by Gasteiger charge is -2.32. The van der Waals surface area contributed by atoms with Gasteiger partial charge in [-0.2, -0.15) is 0 Å². The summed E-state index contributed by atoms with van der Waals surface area (Å²) in [5, 5.41) is 8.50. The Morgan fingerprint density at radius 1 is 1.11 bits per heavy atom. The van der Waals surface area contributed by atoms with Gasteiger partial charge < -0.3 is 14.6 Å². The number of benzene rings is 1. The number of hydrogen-bond acceptors (Lipinski definition) is 6. The first kappa shape index (κ1) is 24.5. The molecule has 4 heterocycles. The Bertz CT molecular complexity index is 1110. The van der Waals surface area contributed by atoms with Crippen LogP contribution in [0, 0.1) is 0 Å². The summed E-state index contributed by atoms with van der Waals surface area (Å²) in [6, 6.07) is 5.41. The molecule has 10 heteroatoms. The zero-order valence-corrected chi connectivity index (χ0v) is 21.7. The molecular formula is C25H28Cl2N4O3S. The maximum Gasteiger partial charge on any atom is 0.242 e. The Labute approximate surface area is 219 Å². The van der Waals surface area contributed by atoms with Gasteiger partial charge in [0.1, 0.15) is 5.71 Å². The second kappa shape index (κ2) is 10.8. The zero-order chi connectivity index (χ0) is 24.4. The molecule has 0 spiro atoms. The number of aromatic nitrogens is 1. The molecule has 3 aliphatic heterocycles. The fourth-order valence-electron chi connectivity index (χ4n) is 4.95. The summed E-state index contributed by atoms with van der Waals surface area (Å²) in [5.41, 5.74) is 2.38. The van der Waals surface area contributed by atoms with Crippen LogP contribution in [0.2, 0.25) is 10.0 Å². The Morgan fingerprint density at radius 3 is 2.66 bits per heavy atom. The van der Waals surface area contributed by atoms with Gasteiger partial charge in [-0.15, -0.1) is 11.3 Å². The van der Waals surface area contributed by atoms with Crippen molar-refractivity contribution in [2.45, 2.75) is 57.0 Å². The van der Waals surface area contributed by atoms with Gasteiger partial charge in [-0.1, -0.05) is 40.8 Å². The van der Waals surface area contributed by atoms with Gasteiger partial charge in [0.2, 0.25) is 11.8 Å². The number of oxime groups is 1. The second-order valence-corrected chi connectivity index (χ2v) is 11.0. The highest BCUT2D eigenvalue weighted by Crippen LogP contribution is 2.39. The van der Waals surface area contributed by atoms with Gasteiger partial charge in [-0.3, -0.25) is 9.59 Å². The molecule has 0 bridgehead atoms. The largest absolute Gasteiger partial charge is 0.387 e. The second-order valence-electron chi connectivity index (χ2n) is 9.32.